The van der Waals surface area contributed by atoms with E-state index in [1.165, 1.54) is 7.05 Å². The number of nitrogens with one attached hydrogen (secondary N) is 2. The molecule has 0 spiro atoms. The van der Waals surface area contributed by atoms with Crippen molar-refractivity contribution in [1.82, 2.24) is 30.8 Å². The summed E-state index contributed by atoms with van der Waals surface area (Å²) < 4.78 is 0. The van der Waals surface area contributed by atoms with Gasteiger partial charge in [0, 0.05) is 12.6 Å². The van der Waals surface area contributed by atoms with Crippen LogP contribution in [-0.4, -0.2) is 39.2 Å². The maximum atomic E-state index is 11.5. The molecule has 104 valence electrons. The highest BCUT2D eigenvalue weighted by molar-refractivity contribution is 5.93. The number of urea groups is 1. The molecule has 0 saturated heterocycles. The van der Waals surface area contributed by atoms with Gasteiger partial charge in [0.25, 0.3) is 5.91 Å². The standard InChI is InChI=1S/C12H14N6O2/c1-8-5-3-4-6-9(8)11-15-17-18(16-11)7-10(19)14-12(20)13-2/h3-6H,7H2,1-2H3,(H2,13,14,19,20). The van der Waals surface area contributed by atoms with Crippen molar-refractivity contribution in [2.24, 2.45) is 0 Å². The van der Waals surface area contributed by atoms with E-state index in [2.05, 4.69) is 26.0 Å². The predicted octanol–water partition coefficient (Wildman–Crippen LogP) is 0.104. The monoisotopic (exact) mass is 274 g/mol. The van der Waals surface area contributed by atoms with Crippen molar-refractivity contribution in [2.75, 3.05) is 7.05 Å². The fourth-order valence-electron chi connectivity index (χ4n) is 1.60. The number of tetrazole rings is 1. The smallest absolute Gasteiger partial charge is 0.321 e. The Labute approximate surface area is 115 Å². The number of carbonyl (C=O) groups excluding carboxylic acids is 2. The van der Waals surface area contributed by atoms with Crippen LogP contribution in [0.25, 0.3) is 11.4 Å². The molecule has 0 bridgehead atoms. The minimum absolute atomic E-state index is 0.174. The molecule has 8 nitrogen and oxygen atoms in total. The molecule has 20 heavy (non-hydrogen) atoms. The van der Waals surface area contributed by atoms with Crippen LogP contribution in [0.2, 0.25) is 0 Å². The van der Waals surface area contributed by atoms with Gasteiger partial charge < -0.3 is 5.32 Å². The zero-order chi connectivity index (χ0) is 14.5. The molecule has 2 N–H and O–H groups in total. The van der Waals surface area contributed by atoms with Crippen LogP contribution in [0, 0.1) is 6.92 Å². The second-order valence-electron chi connectivity index (χ2n) is 4.09. The average Bonchev–Trinajstić information content (AvgIpc) is 2.87. The second kappa shape index (κ2) is 5.91. The topological polar surface area (TPSA) is 102 Å². The van der Waals surface area contributed by atoms with Gasteiger partial charge in [0.2, 0.25) is 5.82 Å². The van der Waals surface area contributed by atoms with E-state index in [-0.39, 0.29) is 6.54 Å². The summed E-state index contributed by atoms with van der Waals surface area (Å²) in [4.78, 5) is 23.6. The lowest BCUT2D eigenvalue weighted by Gasteiger charge is -2.01. The van der Waals surface area contributed by atoms with Gasteiger partial charge in [-0.05, 0) is 17.7 Å². The Morgan fingerprint density at radius 1 is 1.30 bits per heavy atom. The lowest BCUT2D eigenvalue weighted by atomic mass is 10.1. The minimum atomic E-state index is -0.575. The van der Waals surface area contributed by atoms with Crippen molar-refractivity contribution in [1.29, 1.82) is 0 Å². The summed E-state index contributed by atoms with van der Waals surface area (Å²) in [6.07, 6.45) is 0. The summed E-state index contributed by atoms with van der Waals surface area (Å²) in [5.74, 6) is -0.0751. The van der Waals surface area contributed by atoms with Gasteiger partial charge in [-0.15, -0.1) is 10.2 Å². The molecule has 8 heteroatoms. The van der Waals surface area contributed by atoms with E-state index in [0.717, 1.165) is 15.9 Å². The van der Waals surface area contributed by atoms with E-state index < -0.39 is 11.9 Å². The van der Waals surface area contributed by atoms with Gasteiger partial charge in [-0.3, -0.25) is 10.1 Å². The first-order valence-electron chi connectivity index (χ1n) is 5.95. The molecule has 1 aromatic heterocycles. The van der Waals surface area contributed by atoms with Crippen LogP contribution in [0.15, 0.2) is 24.3 Å². The van der Waals surface area contributed by atoms with Crippen molar-refractivity contribution in [3.63, 3.8) is 0 Å². The van der Waals surface area contributed by atoms with Gasteiger partial charge >= 0.3 is 6.03 Å². The Bertz CT molecular complexity index is 636. The van der Waals surface area contributed by atoms with E-state index in [9.17, 15) is 9.59 Å². The molecule has 0 radical (unpaired) electrons. The Morgan fingerprint density at radius 3 is 2.75 bits per heavy atom. The normalized spacial score (nSPS) is 10.1. The van der Waals surface area contributed by atoms with Crippen LogP contribution >= 0.6 is 0 Å². The van der Waals surface area contributed by atoms with Crippen molar-refractivity contribution >= 4 is 11.9 Å². The van der Waals surface area contributed by atoms with Crippen molar-refractivity contribution < 1.29 is 9.59 Å². The number of amides is 3. The van der Waals surface area contributed by atoms with E-state index in [1.807, 2.05) is 31.2 Å². The SMILES string of the molecule is CNC(=O)NC(=O)Cn1nnc(-c2ccccc2C)n1. The third-order valence-electron chi connectivity index (χ3n) is 2.60. The van der Waals surface area contributed by atoms with E-state index in [1.54, 1.807) is 0 Å². The van der Waals surface area contributed by atoms with Crippen molar-refractivity contribution in [3.05, 3.63) is 29.8 Å². The number of imide groups is 1. The van der Waals surface area contributed by atoms with Crippen LogP contribution in [-0.2, 0) is 11.3 Å². The summed E-state index contributed by atoms with van der Waals surface area (Å²) in [5, 5.41) is 16.2. The summed E-state index contributed by atoms with van der Waals surface area (Å²) >= 11 is 0. The molecule has 2 rings (SSSR count). The third kappa shape index (κ3) is 3.16. The van der Waals surface area contributed by atoms with Gasteiger partial charge in [0.1, 0.15) is 6.54 Å². The molecule has 0 fully saturated rings. The molecule has 2 aromatic rings. The zero-order valence-corrected chi connectivity index (χ0v) is 11.1. The van der Waals surface area contributed by atoms with Crippen molar-refractivity contribution in [2.45, 2.75) is 13.5 Å². The molecule has 1 heterocycles. The van der Waals surface area contributed by atoms with Crippen molar-refractivity contribution in [3.8, 4) is 11.4 Å². The highest BCUT2D eigenvalue weighted by atomic mass is 16.2. The molecule has 0 saturated carbocycles. The summed E-state index contributed by atoms with van der Waals surface area (Å²) in [5.41, 5.74) is 1.87. The van der Waals surface area contributed by atoms with E-state index >= 15 is 0 Å². The number of hydrogen-bond donors (Lipinski definition) is 2. The maximum absolute atomic E-state index is 11.5. The molecule has 0 aliphatic heterocycles. The Balaban J connectivity index is 2.08. The largest absolute Gasteiger partial charge is 0.341 e. The highest BCUT2D eigenvalue weighted by Crippen LogP contribution is 2.17. The number of benzene rings is 1. The molecular weight excluding hydrogens is 260 g/mol. The Kier molecular flexibility index (Phi) is 4.04. The second-order valence-corrected chi connectivity index (χ2v) is 4.09. The molecule has 0 unspecified atom stereocenters. The van der Waals surface area contributed by atoms with E-state index in [4.69, 9.17) is 0 Å². The summed E-state index contributed by atoms with van der Waals surface area (Å²) in [6, 6.07) is 7.03. The lowest BCUT2D eigenvalue weighted by Crippen LogP contribution is -2.39. The first kappa shape index (κ1) is 13.7. The summed E-state index contributed by atoms with van der Waals surface area (Å²) in [6.45, 7) is 1.76. The Morgan fingerprint density at radius 2 is 2.05 bits per heavy atom. The number of nitrogens with zero attached hydrogens (tertiary/aromatic N) is 4. The molecular formula is C12H14N6O2. The first-order valence-corrected chi connectivity index (χ1v) is 5.95. The van der Waals surface area contributed by atoms with Crippen LogP contribution < -0.4 is 10.6 Å². The van der Waals surface area contributed by atoms with Gasteiger partial charge in [-0.1, -0.05) is 24.3 Å². The predicted molar refractivity (Wildman–Crippen MR) is 70.6 cm³/mol. The number of carbonyl (C=O) groups is 2. The third-order valence-corrected chi connectivity index (χ3v) is 2.60. The fraction of sp³-hybridized carbons (Fsp3) is 0.250. The van der Waals surface area contributed by atoms with Crippen LogP contribution in [0.1, 0.15) is 5.56 Å². The average molecular weight is 274 g/mol. The van der Waals surface area contributed by atoms with Crippen LogP contribution in [0.3, 0.4) is 0 Å². The summed E-state index contributed by atoms with van der Waals surface area (Å²) in [7, 11) is 1.42. The molecule has 0 aliphatic carbocycles. The van der Waals surface area contributed by atoms with Crippen LogP contribution in [0.4, 0.5) is 4.79 Å². The maximum Gasteiger partial charge on any atom is 0.321 e. The van der Waals surface area contributed by atoms with Gasteiger partial charge in [0.05, 0.1) is 0 Å². The molecule has 0 aliphatic rings. The highest BCUT2D eigenvalue weighted by Gasteiger charge is 2.11. The quantitative estimate of drug-likeness (QED) is 0.826. The van der Waals surface area contributed by atoms with Crippen LogP contribution in [0.5, 0.6) is 0 Å². The first-order chi connectivity index (χ1) is 9.60. The van der Waals surface area contributed by atoms with Gasteiger partial charge in [-0.25, -0.2) is 4.79 Å². The fourth-order valence-corrected chi connectivity index (χ4v) is 1.60. The number of rotatable bonds is 3. The molecule has 1 aromatic carbocycles. The number of aryl methyl sites for hydroxylation is 1. The minimum Gasteiger partial charge on any atom is -0.341 e. The lowest BCUT2D eigenvalue weighted by molar-refractivity contribution is -0.121. The Hall–Kier alpha value is -2.77. The van der Waals surface area contributed by atoms with Gasteiger partial charge in [0.15, 0.2) is 0 Å². The number of hydrogen-bond acceptors (Lipinski definition) is 5. The van der Waals surface area contributed by atoms with E-state index in [0.29, 0.717) is 5.82 Å². The molecule has 0 atom stereocenters. The zero-order valence-electron chi connectivity index (χ0n) is 11.1. The number of aromatic nitrogens is 4. The molecule has 3 amide bonds. The van der Waals surface area contributed by atoms with Gasteiger partial charge in [-0.2, -0.15) is 4.80 Å².